The SMILES string of the molecule is N#Cc1ccccc1OCC(=O)NC1CCN(C(=O)c2ccoc2)CC1. The van der Waals surface area contributed by atoms with E-state index in [4.69, 9.17) is 14.4 Å². The van der Waals surface area contributed by atoms with Gasteiger partial charge in [-0.1, -0.05) is 12.1 Å². The predicted octanol–water partition coefficient (Wildman–Crippen LogP) is 1.95. The van der Waals surface area contributed by atoms with Crippen LogP contribution < -0.4 is 10.1 Å². The van der Waals surface area contributed by atoms with Crippen LogP contribution in [0.3, 0.4) is 0 Å². The zero-order chi connectivity index (χ0) is 18.4. The highest BCUT2D eigenvalue weighted by molar-refractivity contribution is 5.93. The molecule has 0 spiro atoms. The van der Waals surface area contributed by atoms with E-state index in [1.807, 2.05) is 6.07 Å². The van der Waals surface area contributed by atoms with E-state index in [0.29, 0.717) is 42.8 Å². The van der Waals surface area contributed by atoms with Crippen molar-refractivity contribution in [3.63, 3.8) is 0 Å². The number of carbonyl (C=O) groups is 2. The average Bonchev–Trinajstić information content (AvgIpc) is 3.21. The molecule has 134 valence electrons. The molecule has 0 saturated carbocycles. The van der Waals surface area contributed by atoms with Crippen LogP contribution in [0.5, 0.6) is 5.75 Å². The lowest BCUT2D eigenvalue weighted by Gasteiger charge is -2.32. The van der Waals surface area contributed by atoms with Crippen LogP contribution in [0.25, 0.3) is 0 Å². The van der Waals surface area contributed by atoms with Crippen molar-refractivity contribution >= 4 is 11.8 Å². The Morgan fingerprint density at radius 1 is 1.27 bits per heavy atom. The van der Waals surface area contributed by atoms with Crippen molar-refractivity contribution in [1.29, 1.82) is 5.26 Å². The van der Waals surface area contributed by atoms with Crippen LogP contribution in [-0.4, -0.2) is 42.5 Å². The molecule has 1 aromatic heterocycles. The highest BCUT2D eigenvalue weighted by Crippen LogP contribution is 2.17. The van der Waals surface area contributed by atoms with Gasteiger partial charge in [-0.3, -0.25) is 9.59 Å². The predicted molar refractivity (Wildman–Crippen MR) is 92.4 cm³/mol. The van der Waals surface area contributed by atoms with Gasteiger partial charge in [0.15, 0.2) is 6.61 Å². The fourth-order valence-corrected chi connectivity index (χ4v) is 2.89. The summed E-state index contributed by atoms with van der Waals surface area (Å²) in [6.45, 7) is 1.01. The van der Waals surface area contributed by atoms with Crippen molar-refractivity contribution in [3.8, 4) is 11.8 Å². The van der Waals surface area contributed by atoms with E-state index in [1.54, 1.807) is 35.2 Å². The maximum atomic E-state index is 12.2. The Balaban J connectivity index is 1.43. The van der Waals surface area contributed by atoms with Gasteiger partial charge in [0, 0.05) is 19.1 Å². The quantitative estimate of drug-likeness (QED) is 0.886. The highest BCUT2D eigenvalue weighted by Gasteiger charge is 2.25. The molecule has 1 saturated heterocycles. The van der Waals surface area contributed by atoms with Gasteiger partial charge in [0.2, 0.25) is 0 Å². The lowest BCUT2D eigenvalue weighted by molar-refractivity contribution is -0.124. The van der Waals surface area contributed by atoms with Gasteiger partial charge in [0.25, 0.3) is 11.8 Å². The van der Waals surface area contributed by atoms with Crippen LogP contribution in [0.4, 0.5) is 0 Å². The molecule has 1 aliphatic heterocycles. The molecule has 26 heavy (non-hydrogen) atoms. The second-order valence-corrected chi connectivity index (χ2v) is 6.04. The van der Waals surface area contributed by atoms with Crippen molar-refractivity contribution < 1.29 is 18.7 Å². The molecule has 2 heterocycles. The van der Waals surface area contributed by atoms with E-state index >= 15 is 0 Å². The Bertz CT molecular complexity index is 802. The largest absolute Gasteiger partial charge is 0.482 e. The Hall–Kier alpha value is -3.27. The van der Waals surface area contributed by atoms with Gasteiger partial charge in [-0.05, 0) is 31.0 Å². The maximum Gasteiger partial charge on any atom is 0.258 e. The summed E-state index contributed by atoms with van der Waals surface area (Å²) in [5.41, 5.74) is 0.934. The van der Waals surface area contributed by atoms with Crippen LogP contribution in [0.2, 0.25) is 0 Å². The molecule has 1 aromatic carbocycles. The third kappa shape index (κ3) is 4.22. The zero-order valence-corrected chi connectivity index (χ0v) is 14.2. The van der Waals surface area contributed by atoms with Gasteiger partial charge in [-0.2, -0.15) is 5.26 Å². The molecule has 0 atom stereocenters. The number of furan rings is 1. The number of nitriles is 1. The summed E-state index contributed by atoms with van der Waals surface area (Å²) in [5.74, 6) is 0.100. The fraction of sp³-hybridized carbons (Fsp3) is 0.316. The average molecular weight is 353 g/mol. The van der Waals surface area contributed by atoms with Crippen LogP contribution in [-0.2, 0) is 4.79 Å². The van der Waals surface area contributed by atoms with Gasteiger partial charge in [-0.15, -0.1) is 0 Å². The number of carbonyl (C=O) groups excluding carboxylic acids is 2. The molecule has 0 aliphatic carbocycles. The number of nitrogens with one attached hydrogen (secondary N) is 1. The Labute approximate surface area is 151 Å². The van der Waals surface area contributed by atoms with Crippen molar-refractivity contribution in [2.24, 2.45) is 0 Å². The number of ether oxygens (including phenoxy) is 1. The lowest BCUT2D eigenvalue weighted by Crippen LogP contribution is -2.47. The monoisotopic (exact) mass is 353 g/mol. The second kappa shape index (κ2) is 8.21. The summed E-state index contributed by atoms with van der Waals surface area (Å²) < 4.78 is 10.4. The first kappa shape index (κ1) is 17.5. The molecule has 1 N–H and O–H groups in total. The van der Waals surface area contributed by atoms with Crippen molar-refractivity contribution in [2.75, 3.05) is 19.7 Å². The molecule has 0 unspecified atom stereocenters. The van der Waals surface area contributed by atoms with E-state index < -0.39 is 0 Å². The third-order valence-corrected chi connectivity index (χ3v) is 4.28. The molecular weight excluding hydrogens is 334 g/mol. The minimum Gasteiger partial charge on any atom is -0.482 e. The van der Waals surface area contributed by atoms with Crippen molar-refractivity contribution in [1.82, 2.24) is 10.2 Å². The number of rotatable bonds is 5. The summed E-state index contributed by atoms with van der Waals surface area (Å²) in [6, 6.07) is 10.5. The molecule has 0 radical (unpaired) electrons. The number of hydrogen-bond donors (Lipinski definition) is 1. The van der Waals surface area contributed by atoms with E-state index in [2.05, 4.69) is 5.32 Å². The Morgan fingerprint density at radius 3 is 2.73 bits per heavy atom. The third-order valence-electron chi connectivity index (χ3n) is 4.28. The van der Waals surface area contributed by atoms with E-state index in [9.17, 15) is 9.59 Å². The van der Waals surface area contributed by atoms with E-state index in [0.717, 1.165) is 0 Å². The van der Waals surface area contributed by atoms with E-state index in [-0.39, 0.29) is 24.5 Å². The van der Waals surface area contributed by atoms with Crippen LogP contribution in [0, 0.1) is 11.3 Å². The number of amides is 2. The number of nitrogens with zero attached hydrogens (tertiary/aromatic N) is 2. The molecule has 1 fully saturated rings. The molecule has 0 bridgehead atoms. The number of hydrogen-bond acceptors (Lipinski definition) is 5. The summed E-state index contributed by atoms with van der Waals surface area (Å²) in [6.07, 6.45) is 4.28. The standard InChI is InChI=1S/C19H19N3O4/c20-11-14-3-1-2-4-17(14)26-13-18(23)21-16-5-8-22(9-6-16)19(24)15-7-10-25-12-15/h1-4,7,10,12,16H,5-6,8-9,13H2,(H,21,23). The first-order valence-corrected chi connectivity index (χ1v) is 8.40. The minimum atomic E-state index is -0.239. The molecule has 7 heteroatoms. The molecule has 1 aliphatic rings. The first-order chi connectivity index (χ1) is 12.7. The molecule has 7 nitrogen and oxygen atoms in total. The van der Waals surface area contributed by atoms with Crippen LogP contribution in [0.15, 0.2) is 47.3 Å². The normalized spacial score (nSPS) is 14.5. The molecular formula is C19H19N3O4. The number of likely N-dealkylation sites (tertiary alicyclic amines) is 1. The van der Waals surface area contributed by atoms with Crippen LogP contribution in [0.1, 0.15) is 28.8 Å². The minimum absolute atomic E-state index is 0.00529. The van der Waals surface area contributed by atoms with Crippen LogP contribution >= 0.6 is 0 Å². The maximum absolute atomic E-state index is 12.2. The summed E-state index contributed by atoms with van der Waals surface area (Å²) in [7, 11) is 0. The second-order valence-electron chi connectivity index (χ2n) is 6.04. The zero-order valence-electron chi connectivity index (χ0n) is 14.2. The topological polar surface area (TPSA) is 95.6 Å². The molecule has 2 amide bonds. The molecule has 3 rings (SSSR count). The summed E-state index contributed by atoms with van der Waals surface area (Å²) >= 11 is 0. The fourth-order valence-electron chi connectivity index (χ4n) is 2.89. The van der Waals surface area contributed by atoms with Gasteiger partial charge >= 0.3 is 0 Å². The number of para-hydroxylation sites is 1. The molecule has 2 aromatic rings. The first-order valence-electron chi connectivity index (χ1n) is 8.40. The van der Waals surface area contributed by atoms with Gasteiger partial charge in [0.05, 0.1) is 17.4 Å². The summed E-state index contributed by atoms with van der Waals surface area (Å²) in [4.78, 5) is 26.1. The number of piperidine rings is 1. The van der Waals surface area contributed by atoms with Gasteiger partial charge in [0.1, 0.15) is 18.1 Å². The van der Waals surface area contributed by atoms with Gasteiger partial charge in [-0.25, -0.2) is 0 Å². The number of benzene rings is 1. The van der Waals surface area contributed by atoms with Crippen molar-refractivity contribution in [3.05, 3.63) is 54.0 Å². The Morgan fingerprint density at radius 2 is 2.04 bits per heavy atom. The smallest absolute Gasteiger partial charge is 0.258 e. The lowest BCUT2D eigenvalue weighted by atomic mass is 10.0. The Kier molecular flexibility index (Phi) is 5.54. The van der Waals surface area contributed by atoms with Gasteiger partial charge < -0.3 is 19.4 Å². The summed E-state index contributed by atoms with van der Waals surface area (Å²) in [5, 5.41) is 11.9. The highest BCUT2D eigenvalue weighted by atomic mass is 16.5. The van der Waals surface area contributed by atoms with E-state index in [1.165, 1.54) is 12.5 Å². The van der Waals surface area contributed by atoms with Crippen molar-refractivity contribution in [2.45, 2.75) is 18.9 Å².